The van der Waals surface area contributed by atoms with E-state index in [0.29, 0.717) is 11.3 Å². The van der Waals surface area contributed by atoms with Gasteiger partial charge in [0.2, 0.25) is 0 Å². The highest BCUT2D eigenvalue weighted by molar-refractivity contribution is 6.06. The van der Waals surface area contributed by atoms with Gasteiger partial charge in [-0.1, -0.05) is 57.2 Å². The predicted molar refractivity (Wildman–Crippen MR) is 157 cm³/mol. The van der Waals surface area contributed by atoms with E-state index in [0.717, 1.165) is 59.8 Å². The van der Waals surface area contributed by atoms with E-state index in [9.17, 15) is 4.79 Å². The Kier molecular flexibility index (Phi) is 7.00. The van der Waals surface area contributed by atoms with Crippen LogP contribution in [0.4, 0.5) is 5.69 Å². The Morgan fingerprint density at radius 3 is 2.38 bits per heavy atom. The van der Waals surface area contributed by atoms with Gasteiger partial charge in [0.15, 0.2) is 5.78 Å². The predicted octanol–water partition coefficient (Wildman–Crippen LogP) is 6.47. The van der Waals surface area contributed by atoms with Crippen LogP contribution in [0.3, 0.4) is 0 Å². The van der Waals surface area contributed by atoms with Crippen LogP contribution in [0.15, 0.2) is 54.6 Å². The molecule has 2 aromatic carbocycles. The molecular formula is C33H40N4O2. The van der Waals surface area contributed by atoms with Crippen LogP contribution in [0, 0.1) is 12.3 Å². The number of aryl methyl sites for hydroxylation is 1. The number of hydrogen-bond donors (Lipinski definition) is 1. The van der Waals surface area contributed by atoms with Crippen molar-refractivity contribution in [2.45, 2.75) is 64.8 Å². The first-order valence-corrected chi connectivity index (χ1v) is 14.0. The van der Waals surface area contributed by atoms with Crippen molar-refractivity contribution in [1.82, 2.24) is 9.88 Å². The molecule has 0 radical (unpaired) electrons. The lowest BCUT2D eigenvalue weighted by Crippen LogP contribution is -2.45. The Balaban J connectivity index is 1.59. The number of carbonyl (C=O) groups is 1. The minimum atomic E-state index is -0.681. The highest BCUT2D eigenvalue weighted by atomic mass is 16.5. The number of piperidine rings is 1. The smallest absolute Gasteiger partial charge is 0.182 e. The lowest BCUT2D eigenvalue weighted by Gasteiger charge is -2.37. The summed E-state index contributed by atoms with van der Waals surface area (Å²) in [7, 11) is 1.72. The van der Waals surface area contributed by atoms with E-state index in [1.54, 1.807) is 7.11 Å². The van der Waals surface area contributed by atoms with Crippen LogP contribution in [-0.2, 0) is 11.0 Å². The number of ketones is 1. The van der Waals surface area contributed by atoms with Gasteiger partial charge >= 0.3 is 0 Å². The summed E-state index contributed by atoms with van der Waals surface area (Å²) in [6.07, 6.45) is 3.50. The zero-order valence-electron chi connectivity index (χ0n) is 24.1. The molecule has 1 aromatic heterocycles. The van der Waals surface area contributed by atoms with Gasteiger partial charge in [-0.25, -0.2) is 4.98 Å². The van der Waals surface area contributed by atoms with Crippen molar-refractivity contribution in [2.75, 3.05) is 31.6 Å². The molecule has 2 aliphatic rings. The van der Waals surface area contributed by atoms with Crippen LogP contribution in [0.5, 0.6) is 5.75 Å². The number of benzene rings is 2. The number of aromatic nitrogens is 1. The summed E-state index contributed by atoms with van der Waals surface area (Å²) in [4.78, 5) is 23.2. The normalized spacial score (nSPS) is 19.3. The molecule has 6 nitrogen and oxygen atoms in total. The van der Waals surface area contributed by atoms with Gasteiger partial charge < -0.3 is 14.5 Å². The molecule has 5 rings (SSSR count). The number of rotatable bonds is 6. The Labute approximate surface area is 232 Å². The summed E-state index contributed by atoms with van der Waals surface area (Å²) in [6, 6.07) is 18.2. The fourth-order valence-electron chi connectivity index (χ4n) is 6.09. The largest absolute Gasteiger partial charge is 0.494 e. The molecule has 0 aliphatic carbocycles. The number of ether oxygens (including phenoxy) is 1. The van der Waals surface area contributed by atoms with Gasteiger partial charge in [-0.2, -0.15) is 0 Å². The standard InChI is InChI=1S/C33H40N4O2/c1-22-15-16-25-29(35-22)31(34)37(33(25,5)24-13-9-7-10-14-24)21-28(38)23-19-26(32(2,3)4)30(39-6)27(20-23)36-17-11-8-12-18-36/h7,9-10,13-16,19-20,34H,8,11-12,17-18,21H2,1-6H3. The summed E-state index contributed by atoms with van der Waals surface area (Å²) < 4.78 is 5.98. The lowest BCUT2D eigenvalue weighted by atomic mass is 9.83. The number of nitrogens with one attached hydrogen (secondary N) is 1. The third-order valence-corrected chi connectivity index (χ3v) is 8.33. The number of carbonyl (C=O) groups excluding carboxylic acids is 1. The number of Topliss-reactive ketones (excluding diaryl/α,β-unsaturated/α-hetero) is 1. The Morgan fingerprint density at radius 1 is 1.05 bits per heavy atom. The Bertz CT molecular complexity index is 1400. The molecular weight excluding hydrogens is 484 g/mol. The average Bonchev–Trinajstić information content (AvgIpc) is 3.14. The number of hydrogen-bond acceptors (Lipinski definition) is 5. The monoisotopic (exact) mass is 524 g/mol. The Hall–Kier alpha value is -3.67. The average molecular weight is 525 g/mol. The van der Waals surface area contributed by atoms with Crippen molar-refractivity contribution >= 4 is 17.3 Å². The van der Waals surface area contributed by atoms with Gasteiger partial charge in [-0.15, -0.1) is 0 Å². The number of pyridine rings is 1. The second-order valence-electron chi connectivity index (χ2n) is 12.0. The molecule has 1 unspecified atom stereocenters. The van der Waals surface area contributed by atoms with Crippen LogP contribution >= 0.6 is 0 Å². The third-order valence-electron chi connectivity index (χ3n) is 8.33. The zero-order chi connectivity index (χ0) is 27.9. The number of methoxy groups -OCH3 is 1. The number of anilines is 1. The second kappa shape index (κ2) is 10.1. The minimum absolute atomic E-state index is 0.0159. The first kappa shape index (κ1) is 26.9. The van der Waals surface area contributed by atoms with Gasteiger partial charge in [0.25, 0.3) is 0 Å². The first-order chi connectivity index (χ1) is 18.6. The lowest BCUT2D eigenvalue weighted by molar-refractivity contribution is 0.0930. The minimum Gasteiger partial charge on any atom is -0.494 e. The van der Waals surface area contributed by atoms with Crippen molar-refractivity contribution in [3.05, 3.63) is 88.2 Å². The van der Waals surface area contributed by atoms with Crippen LogP contribution < -0.4 is 9.64 Å². The molecule has 0 saturated carbocycles. The summed E-state index contributed by atoms with van der Waals surface area (Å²) in [5.74, 6) is 1.13. The molecule has 0 spiro atoms. The van der Waals surface area contributed by atoms with Gasteiger partial charge in [-0.05, 0) is 62.3 Å². The summed E-state index contributed by atoms with van der Waals surface area (Å²) in [6.45, 7) is 12.5. The van der Waals surface area contributed by atoms with Crippen molar-refractivity contribution < 1.29 is 9.53 Å². The van der Waals surface area contributed by atoms with Gasteiger partial charge in [-0.3, -0.25) is 10.2 Å². The van der Waals surface area contributed by atoms with Crippen molar-refractivity contribution in [2.24, 2.45) is 0 Å². The maximum Gasteiger partial charge on any atom is 0.182 e. The second-order valence-corrected chi connectivity index (χ2v) is 12.0. The molecule has 1 N–H and O–H groups in total. The van der Waals surface area contributed by atoms with E-state index < -0.39 is 5.54 Å². The molecule has 1 fully saturated rings. The molecule has 6 heteroatoms. The van der Waals surface area contributed by atoms with Gasteiger partial charge in [0.1, 0.15) is 17.3 Å². The van der Waals surface area contributed by atoms with Crippen molar-refractivity contribution in [1.29, 1.82) is 5.41 Å². The summed E-state index contributed by atoms with van der Waals surface area (Å²) in [5, 5.41) is 9.14. The zero-order valence-corrected chi connectivity index (χ0v) is 24.1. The van der Waals surface area contributed by atoms with E-state index in [4.69, 9.17) is 15.1 Å². The topological polar surface area (TPSA) is 69.5 Å². The molecule has 39 heavy (non-hydrogen) atoms. The molecule has 0 amide bonds. The molecule has 1 atom stereocenters. The SMILES string of the molecule is COc1c(N2CCCCC2)cc(C(=O)CN2C(=N)c3nc(C)ccc3C2(C)c2ccccc2)cc1C(C)(C)C. The molecule has 0 bridgehead atoms. The molecule has 2 aliphatic heterocycles. The first-order valence-electron chi connectivity index (χ1n) is 14.0. The van der Waals surface area contributed by atoms with Gasteiger partial charge in [0, 0.05) is 35.5 Å². The van der Waals surface area contributed by atoms with Gasteiger partial charge in [0.05, 0.1) is 24.9 Å². The Morgan fingerprint density at radius 2 is 1.74 bits per heavy atom. The molecule has 1 saturated heterocycles. The van der Waals surface area contributed by atoms with E-state index in [2.05, 4.69) is 50.8 Å². The highest BCUT2D eigenvalue weighted by Gasteiger charge is 2.47. The fourth-order valence-corrected chi connectivity index (χ4v) is 6.09. The maximum atomic E-state index is 14.2. The van der Waals surface area contributed by atoms with E-state index in [-0.39, 0.29) is 23.6 Å². The van der Waals surface area contributed by atoms with Crippen molar-refractivity contribution in [3.63, 3.8) is 0 Å². The number of fused-ring (bicyclic) bond motifs is 1. The number of nitrogens with zero attached hydrogens (tertiary/aromatic N) is 3. The molecule has 204 valence electrons. The molecule has 3 aromatic rings. The summed E-state index contributed by atoms with van der Waals surface area (Å²) in [5.41, 5.74) is 5.29. The van der Waals surface area contributed by atoms with Crippen molar-refractivity contribution in [3.8, 4) is 5.75 Å². The van der Waals surface area contributed by atoms with Crippen LogP contribution in [-0.4, -0.2) is 48.2 Å². The fraction of sp³-hybridized carbons (Fsp3) is 0.424. The number of amidine groups is 1. The van der Waals surface area contributed by atoms with E-state index in [1.807, 2.05) is 48.2 Å². The maximum absolute atomic E-state index is 14.2. The van der Waals surface area contributed by atoms with Crippen LogP contribution in [0.25, 0.3) is 0 Å². The third kappa shape index (κ3) is 4.70. The molecule has 3 heterocycles. The summed E-state index contributed by atoms with van der Waals surface area (Å²) >= 11 is 0. The quantitative estimate of drug-likeness (QED) is 0.374. The van der Waals surface area contributed by atoms with E-state index in [1.165, 1.54) is 6.42 Å². The van der Waals surface area contributed by atoms with E-state index >= 15 is 0 Å². The highest BCUT2D eigenvalue weighted by Crippen LogP contribution is 2.44. The van der Waals surface area contributed by atoms with Crippen LogP contribution in [0.2, 0.25) is 0 Å². The van der Waals surface area contributed by atoms with Crippen LogP contribution in [0.1, 0.15) is 85.4 Å².